The van der Waals surface area contributed by atoms with E-state index in [4.69, 9.17) is 4.74 Å². The van der Waals surface area contributed by atoms with Crippen LogP contribution in [-0.2, 0) is 6.54 Å². The summed E-state index contributed by atoms with van der Waals surface area (Å²) in [6.07, 6.45) is 0. The molecule has 8 heteroatoms. The standard InChI is InChI=1S/C21H28F2N4O.HI/c1-5-28-19-12-7-6-9-15(19)13-25-21(24-2)26-14-18(27(3)4)20-16(22)10-8-11-17(20)23;/h6-12,18H,5,13-14H2,1-4H3,(H2,24,25,26);1H. The first-order valence-electron chi connectivity index (χ1n) is 9.23. The Hall–Kier alpha value is -1.94. The van der Waals surface area contributed by atoms with Crippen LogP contribution in [0, 0.1) is 11.6 Å². The van der Waals surface area contributed by atoms with Crippen molar-refractivity contribution in [3.8, 4) is 5.75 Å². The van der Waals surface area contributed by atoms with Crippen molar-refractivity contribution in [2.75, 3.05) is 34.3 Å². The lowest BCUT2D eigenvalue weighted by Crippen LogP contribution is -2.41. The van der Waals surface area contributed by atoms with Gasteiger partial charge in [-0.15, -0.1) is 24.0 Å². The molecular formula is C21H29F2IN4O. The van der Waals surface area contributed by atoms with E-state index in [1.165, 1.54) is 18.2 Å². The van der Waals surface area contributed by atoms with Crippen LogP contribution in [0.15, 0.2) is 47.5 Å². The van der Waals surface area contributed by atoms with Gasteiger partial charge in [-0.05, 0) is 39.2 Å². The average Bonchev–Trinajstić information content (AvgIpc) is 2.67. The molecule has 0 radical (unpaired) electrons. The molecule has 2 aromatic rings. The summed E-state index contributed by atoms with van der Waals surface area (Å²) in [6, 6.07) is 11.2. The first kappa shape index (κ1) is 25.1. The van der Waals surface area contributed by atoms with E-state index in [1.807, 2.05) is 31.2 Å². The highest BCUT2D eigenvalue weighted by Crippen LogP contribution is 2.24. The number of ether oxygens (including phenoxy) is 1. The zero-order valence-electron chi connectivity index (χ0n) is 17.2. The van der Waals surface area contributed by atoms with Crippen molar-refractivity contribution >= 4 is 29.9 Å². The monoisotopic (exact) mass is 518 g/mol. The molecule has 0 fully saturated rings. The van der Waals surface area contributed by atoms with Gasteiger partial charge in [-0.25, -0.2) is 8.78 Å². The van der Waals surface area contributed by atoms with Gasteiger partial charge in [0, 0.05) is 31.3 Å². The Morgan fingerprint density at radius 1 is 1.07 bits per heavy atom. The summed E-state index contributed by atoms with van der Waals surface area (Å²) < 4.78 is 34.0. The van der Waals surface area contributed by atoms with Crippen LogP contribution in [0.2, 0.25) is 0 Å². The third-order valence-electron chi connectivity index (χ3n) is 4.36. The molecule has 0 amide bonds. The molecule has 2 rings (SSSR count). The SMILES string of the molecule is CCOc1ccccc1CNC(=NC)NCC(c1c(F)cccc1F)N(C)C.I. The van der Waals surface area contributed by atoms with Gasteiger partial charge in [0.05, 0.1) is 12.6 Å². The third-order valence-corrected chi connectivity index (χ3v) is 4.36. The molecule has 0 aliphatic heterocycles. The van der Waals surface area contributed by atoms with Crippen LogP contribution in [0.25, 0.3) is 0 Å². The fraction of sp³-hybridized carbons (Fsp3) is 0.381. The Labute approximate surface area is 188 Å². The molecule has 0 heterocycles. The molecule has 0 spiro atoms. The smallest absolute Gasteiger partial charge is 0.191 e. The van der Waals surface area contributed by atoms with Crippen LogP contribution in [0.3, 0.4) is 0 Å². The zero-order chi connectivity index (χ0) is 20.5. The van der Waals surface area contributed by atoms with Gasteiger partial charge in [0.2, 0.25) is 0 Å². The van der Waals surface area contributed by atoms with Gasteiger partial charge in [-0.3, -0.25) is 4.99 Å². The number of nitrogens with zero attached hydrogens (tertiary/aromatic N) is 2. The summed E-state index contributed by atoms with van der Waals surface area (Å²) in [5.41, 5.74) is 1.04. The Morgan fingerprint density at radius 3 is 2.31 bits per heavy atom. The molecule has 1 unspecified atom stereocenters. The van der Waals surface area contributed by atoms with Gasteiger partial charge in [0.25, 0.3) is 0 Å². The minimum absolute atomic E-state index is 0. The zero-order valence-corrected chi connectivity index (χ0v) is 19.5. The number of guanidine groups is 1. The number of para-hydroxylation sites is 1. The van der Waals surface area contributed by atoms with Gasteiger partial charge in [-0.1, -0.05) is 24.3 Å². The molecule has 29 heavy (non-hydrogen) atoms. The van der Waals surface area contributed by atoms with Crippen molar-refractivity contribution in [2.24, 2.45) is 4.99 Å². The van der Waals surface area contributed by atoms with Crippen molar-refractivity contribution in [3.05, 3.63) is 65.2 Å². The minimum Gasteiger partial charge on any atom is -0.494 e. The van der Waals surface area contributed by atoms with E-state index in [-0.39, 0.29) is 36.1 Å². The van der Waals surface area contributed by atoms with Gasteiger partial charge >= 0.3 is 0 Å². The topological polar surface area (TPSA) is 48.9 Å². The fourth-order valence-electron chi connectivity index (χ4n) is 2.91. The highest BCUT2D eigenvalue weighted by molar-refractivity contribution is 14.0. The molecule has 0 aliphatic rings. The quantitative estimate of drug-likeness (QED) is 0.316. The molecular weight excluding hydrogens is 489 g/mol. The number of hydrogen-bond donors (Lipinski definition) is 2. The summed E-state index contributed by atoms with van der Waals surface area (Å²) in [5, 5.41) is 6.36. The van der Waals surface area contributed by atoms with Crippen LogP contribution in [-0.4, -0.2) is 45.2 Å². The number of halogens is 3. The number of nitrogens with one attached hydrogen (secondary N) is 2. The average molecular weight is 518 g/mol. The molecule has 1 atom stereocenters. The molecule has 0 bridgehead atoms. The van der Waals surface area contributed by atoms with E-state index in [0.717, 1.165) is 11.3 Å². The first-order chi connectivity index (χ1) is 13.5. The Kier molecular flexibility index (Phi) is 10.9. The van der Waals surface area contributed by atoms with Crippen molar-refractivity contribution < 1.29 is 13.5 Å². The van der Waals surface area contributed by atoms with Gasteiger partial charge in [0.15, 0.2) is 5.96 Å². The van der Waals surface area contributed by atoms with Crippen molar-refractivity contribution in [1.29, 1.82) is 0 Å². The summed E-state index contributed by atoms with van der Waals surface area (Å²) in [6.45, 7) is 3.32. The van der Waals surface area contributed by atoms with Crippen LogP contribution in [0.1, 0.15) is 24.1 Å². The molecule has 0 aliphatic carbocycles. The Bertz CT molecular complexity index is 782. The molecule has 2 N–H and O–H groups in total. The van der Waals surface area contributed by atoms with Gasteiger partial charge in [-0.2, -0.15) is 0 Å². The predicted octanol–water partition coefficient (Wildman–Crippen LogP) is 3.95. The van der Waals surface area contributed by atoms with E-state index in [9.17, 15) is 8.78 Å². The molecule has 0 saturated heterocycles. The summed E-state index contributed by atoms with van der Waals surface area (Å²) in [4.78, 5) is 5.97. The number of benzene rings is 2. The number of rotatable bonds is 8. The van der Waals surface area contributed by atoms with Crippen LogP contribution in [0.5, 0.6) is 5.75 Å². The van der Waals surface area contributed by atoms with E-state index >= 15 is 0 Å². The second kappa shape index (κ2) is 12.6. The van der Waals surface area contributed by atoms with Gasteiger partial charge in [0.1, 0.15) is 17.4 Å². The largest absolute Gasteiger partial charge is 0.494 e. The second-order valence-corrected chi connectivity index (χ2v) is 6.46. The fourth-order valence-corrected chi connectivity index (χ4v) is 2.91. The number of likely N-dealkylation sites (N-methyl/N-ethyl adjacent to an activating group) is 1. The van der Waals surface area contributed by atoms with E-state index in [0.29, 0.717) is 19.1 Å². The van der Waals surface area contributed by atoms with Crippen molar-refractivity contribution in [2.45, 2.75) is 19.5 Å². The van der Waals surface area contributed by atoms with Gasteiger partial charge < -0.3 is 20.3 Å². The van der Waals surface area contributed by atoms with Crippen molar-refractivity contribution in [3.63, 3.8) is 0 Å². The molecule has 2 aromatic carbocycles. The number of aliphatic imine (C=N–C) groups is 1. The lowest BCUT2D eigenvalue weighted by molar-refractivity contribution is 0.282. The number of hydrogen-bond acceptors (Lipinski definition) is 3. The molecule has 0 saturated carbocycles. The maximum Gasteiger partial charge on any atom is 0.191 e. The highest BCUT2D eigenvalue weighted by atomic mass is 127. The van der Waals surface area contributed by atoms with E-state index < -0.39 is 17.7 Å². The van der Waals surface area contributed by atoms with Crippen LogP contribution < -0.4 is 15.4 Å². The Morgan fingerprint density at radius 2 is 1.72 bits per heavy atom. The predicted molar refractivity (Wildman–Crippen MR) is 124 cm³/mol. The maximum atomic E-state index is 14.2. The van der Waals surface area contributed by atoms with E-state index in [2.05, 4.69) is 15.6 Å². The molecule has 160 valence electrons. The second-order valence-electron chi connectivity index (χ2n) is 6.46. The van der Waals surface area contributed by atoms with Crippen molar-refractivity contribution in [1.82, 2.24) is 15.5 Å². The maximum absolute atomic E-state index is 14.2. The lowest BCUT2D eigenvalue weighted by Gasteiger charge is -2.26. The van der Waals surface area contributed by atoms with E-state index in [1.54, 1.807) is 26.0 Å². The van der Waals surface area contributed by atoms with Crippen LogP contribution in [0.4, 0.5) is 8.78 Å². The Balaban J connectivity index is 0.00000420. The summed E-state index contributed by atoms with van der Waals surface area (Å²) in [5.74, 6) is 0.227. The first-order valence-corrected chi connectivity index (χ1v) is 9.23. The molecule has 5 nitrogen and oxygen atoms in total. The third kappa shape index (κ3) is 7.11. The lowest BCUT2D eigenvalue weighted by atomic mass is 10.0. The highest BCUT2D eigenvalue weighted by Gasteiger charge is 2.22. The molecule has 0 aromatic heterocycles. The normalized spacial score (nSPS) is 12.3. The minimum atomic E-state index is -0.561. The van der Waals surface area contributed by atoms with Crippen LogP contribution >= 0.6 is 24.0 Å². The summed E-state index contributed by atoms with van der Waals surface area (Å²) in [7, 11) is 5.22. The summed E-state index contributed by atoms with van der Waals surface area (Å²) >= 11 is 0.